The minimum atomic E-state index is -0.693. The standard InChI is InChI=1S/C31H39N3O5S2.C4H10/c1-38-26-13-11-23(12-14-26)21-41-22-30(36)32-16-17-34(19-25-9-6-8-24-7-4-5-10-27(24)25)20-29(35)33-28(15-18-40-3)31(37)39-2;1-3-4-2/h4-14,28H,15-22H2,1-3H3,(H,32,36)(H,33,35);3-4H2,1-2H3/t28-;/m0./s1. The van der Waals surface area contributed by atoms with Crippen molar-refractivity contribution in [2.75, 3.05) is 51.6 Å². The number of esters is 1. The molecular weight excluding hydrogens is 607 g/mol. The van der Waals surface area contributed by atoms with Gasteiger partial charge in [0.1, 0.15) is 11.8 Å². The predicted octanol–water partition coefficient (Wildman–Crippen LogP) is 5.92. The lowest BCUT2D eigenvalue weighted by molar-refractivity contribution is -0.145. The number of hydrogen-bond donors (Lipinski definition) is 2. The van der Waals surface area contributed by atoms with Crippen molar-refractivity contribution in [1.29, 1.82) is 0 Å². The number of nitrogens with zero attached hydrogens (tertiary/aromatic N) is 1. The van der Waals surface area contributed by atoms with E-state index in [-0.39, 0.29) is 18.4 Å². The van der Waals surface area contributed by atoms with Gasteiger partial charge in [0.25, 0.3) is 0 Å². The van der Waals surface area contributed by atoms with Gasteiger partial charge in [-0.25, -0.2) is 4.79 Å². The molecule has 3 rings (SSSR count). The van der Waals surface area contributed by atoms with Crippen LogP contribution in [0.4, 0.5) is 0 Å². The van der Waals surface area contributed by atoms with Crippen molar-refractivity contribution in [2.24, 2.45) is 0 Å². The topological polar surface area (TPSA) is 97.0 Å². The van der Waals surface area contributed by atoms with Gasteiger partial charge >= 0.3 is 5.97 Å². The van der Waals surface area contributed by atoms with Crippen LogP contribution in [0, 0.1) is 0 Å². The minimum Gasteiger partial charge on any atom is -0.497 e. The first-order chi connectivity index (χ1) is 21.8. The summed E-state index contributed by atoms with van der Waals surface area (Å²) >= 11 is 3.15. The lowest BCUT2D eigenvalue weighted by atomic mass is 10.0. The Bertz CT molecular complexity index is 1300. The van der Waals surface area contributed by atoms with E-state index in [4.69, 9.17) is 9.47 Å². The lowest BCUT2D eigenvalue weighted by Crippen LogP contribution is -2.47. The maximum Gasteiger partial charge on any atom is 0.328 e. The van der Waals surface area contributed by atoms with Crippen LogP contribution < -0.4 is 15.4 Å². The molecule has 2 amide bonds. The van der Waals surface area contributed by atoms with E-state index >= 15 is 0 Å². The molecule has 0 bridgehead atoms. The third kappa shape index (κ3) is 14.6. The lowest BCUT2D eigenvalue weighted by Gasteiger charge is -2.24. The molecule has 2 N–H and O–H groups in total. The molecule has 0 spiro atoms. The quantitative estimate of drug-likeness (QED) is 0.163. The molecule has 0 radical (unpaired) electrons. The minimum absolute atomic E-state index is 0.0547. The Morgan fingerprint density at radius 2 is 1.62 bits per heavy atom. The van der Waals surface area contributed by atoms with Crippen molar-refractivity contribution in [2.45, 2.75) is 51.4 Å². The highest BCUT2D eigenvalue weighted by atomic mass is 32.2. The summed E-state index contributed by atoms with van der Waals surface area (Å²) in [4.78, 5) is 39.8. The van der Waals surface area contributed by atoms with Crippen molar-refractivity contribution in [3.63, 3.8) is 0 Å². The molecule has 45 heavy (non-hydrogen) atoms. The Labute approximate surface area is 277 Å². The zero-order valence-electron chi connectivity index (χ0n) is 27.3. The normalized spacial score (nSPS) is 11.3. The molecule has 0 aliphatic carbocycles. The average molecular weight is 656 g/mol. The molecular formula is C35H49N3O5S2. The summed E-state index contributed by atoms with van der Waals surface area (Å²) in [5.41, 5.74) is 2.21. The van der Waals surface area contributed by atoms with E-state index in [9.17, 15) is 14.4 Å². The van der Waals surface area contributed by atoms with E-state index in [1.807, 2.05) is 53.6 Å². The van der Waals surface area contributed by atoms with Gasteiger partial charge in [-0.1, -0.05) is 81.3 Å². The molecule has 0 saturated carbocycles. The molecule has 0 fully saturated rings. The molecule has 246 valence electrons. The van der Waals surface area contributed by atoms with Crippen LogP contribution in [0.25, 0.3) is 10.8 Å². The van der Waals surface area contributed by atoms with Gasteiger partial charge < -0.3 is 20.1 Å². The van der Waals surface area contributed by atoms with E-state index in [1.54, 1.807) is 30.6 Å². The van der Waals surface area contributed by atoms with E-state index in [1.165, 1.54) is 20.0 Å². The zero-order valence-corrected chi connectivity index (χ0v) is 28.9. The molecule has 8 nitrogen and oxygen atoms in total. The number of hydrogen-bond acceptors (Lipinski definition) is 8. The SMILES string of the molecule is CCCC.COC(=O)[C@H](CCSC)NC(=O)CN(CCNC(=O)CSCc1ccc(OC)cc1)Cc1cccc2ccccc12. The third-order valence-corrected chi connectivity index (χ3v) is 8.63. The second-order valence-electron chi connectivity index (χ2n) is 10.5. The van der Waals surface area contributed by atoms with Crippen molar-refractivity contribution in [1.82, 2.24) is 15.5 Å². The second kappa shape index (κ2) is 22.3. The van der Waals surface area contributed by atoms with Gasteiger partial charge in [0, 0.05) is 25.4 Å². The van der Waals surface area contributed by atoms with Gasteiger partial charge in [-0.3, -0.25) is 14.5 Å². The first-order valence-electron chi connectivity index (χ1n) is 15.4. The molecule has 0 heterocycles. The number of rotatable bonds is 18. The summed E-state index contributed by atoms with van der Waals surface area (Å²) in [6.45, 7) is 5.83. The Kier molecular flexibility index (Phi) is 18.8. The van der Waals surface area contributed by atoms with E-state index in [2.05, 4.69) is 48.7 Å². The largest absolute Gasteiger partial charge is 0.497 e. The van der Waals surface area contributed by atoms with Gasteiger partial charge in [-0.05, 0) is 52.5 Å². The summed E-state index contributed by atoms with van der Waals surface area (Å²) in [6, 6.07) is 21.4. The van der Waals surface area contributed by atoms with Crippen molar-refractivity contribution in [3.05, 3.63) is 77.9 Å². The van der Waals surface area contributed by atoms with E-state index < -0.39 is 12.0 Å². The van der Waals surface area contributed by atoms with Crippen LogP contribution in [-0.4, -0.2) is 80.3 Å². The molecule has 0 unspecified atom stereocenters. The fraction of sp³-hybridized carbons (Fsp3) is 0.457. The van der Waals surface area contributed by atoms with Crippen molar-refractivity contribution < 1.29 is 23.9 Å². The van der Waals surface area contributed by atoms with Gasteiger partial charge in [0.05, 0.1) is 26.5 Å². The van der Waals surface area contributed by atoms with Crippen LogP contribution in [0.15, 0.2) is 66.7 Å². The summed E-state index contributed by atoms with van der Waals surface area (Å²) in [7, 11) is 2.96. The number of carbonyl (C=O) groups excluding carboxylic acids is 3. The highest BCUT2D eigenvalue weighted by Crippen LogP contribution is 2.20. The highest BCUT2D eigenvalue weighted by Gasteiger charge is 2.22. The van der Waals surface area contributed by atoms with Crippen molar-refractivity contribution >= 4 is 52.1 Å². The zero-order chi connectivity index (χ0) is 32.9. The fourth-order valence-corrected chi connectivity index (χ4v) is 5.63. The number of thioether (sulfide) groups is 2. The molecule has 10 heteroatoms. The highest BCUT2D eigenvalue weighted by molar-refractivity contribution is 7.99. The van der Waals surface area contributed by atoms with Gasteiger partial charge in [-0.15, -0.1) is 11.8 Å². The fourth-order valence-electron chi connectivity index (χ4n) is 4.34. The van der Waals surface area contributed by atoms with Gasteiger partial charge in [0.2, 0.25) is 11.8 Å². The number of methoxy groups -OCH3 is 2. The Morgan fingerprint density at radius 1 is 0.911 bits per heavy atom. The molecule has 0 saturated heterocycles. The number of carbonyl (C=O) groups is 3. The van der Waals surface area contributed by atoms with Crippen molar-refractivity contribution in [3.8, 4) is 5.75 Å². The Balaban J connectivity index is 0.00000166. The average Bonchev–Trinajstić information content (AvgIpc) is 3.06. The van der Waals surface area contributed by atoms with Crippen LogP contribution in [0.1, 0.15) is 44.2 Å². The third-order valence-electron chi connectivity index (χ3n) is 6.98. The van der Waals surface area contributed by atoms with Gasteiger partial charge in [0.15, 0.2) is 0 Å². The number of fused-ring (bicyclic) bond motifs is 1. The number of benzene rings is 3. The van der Waals surface area contributed by atoms with E-state index in [0.29, 0.717) is 31.8 Å². The number of ether oxygens (including phenoxy) is 2. The van der Waals surface area contributed by atoms with E-state index in [0.717, 1.165) is 39.2 Å². The number of nitrogens with one attached hydrogen (secondary N) is 2. The molecule has 3 aromatic carbocycles. The Hall–Kier alpha value is -3.21. The smallest absolute Gasteiger partial charge is 0.328 e. The monoisotopic (exact) mass is 655 g/mol. The van der Waals surface area contributed by atoms with Crippen LogP contribution in [-0.2, 0) is 31.4 Å². The summed E-state index contributed by atoms with van der Waals surface area (Å²) in [5, 5.41) is 8.06. The summed E-state index contributed by atoms with van der Waals surface area (Å²) in [6.07, 6.45) is 5.08. The molecule has 0 aliphatic rings. The first kappa shape index (κ1) is 38.0. The maximum absolute atomic E-state index is 13.0. The molecule has 0 aromatic heterocycles. The van der Waals surface area contributed by atoms with Crippen LogP contribution in [0.2, 0.25) is 0 Å². The Morgan fingerprint density at radius 3 is 2.29 bits per heavy atom. The second-order valence-corrected chi connectivity index (χ2v) is 12.4. The first-order valence-corrected chi connectivity index (χ1v) is 17.9. The van der Waals surface area contributed by atoms with Crippen LogP contribution in [0.3, 0.4) is 0 Å². The molecule has 3 aromatic rings. The number of amides is 2. The van der Waals surface area contributed by atoms with Crippen LogP contribution >= 0.6 is 23.5 Å². The van der Waals surface area contributed by atoms with Gasteiger partial charge in [-0.2, -0.15) is 11.8 Å². The maximum atomic E-state index is 13.0. The predicted molar refractivity (Wildman–Crippen MR) is 189 cm³/mol. The molecule has 1 atom stereocenters. The summed E-state index contributed by atoms with van der Waals surface area (Å²) in [5.74, 6) is 1.83. The summed E-state index contributed by atoms with van der Waals surface area (Å²) < 4.78 is 10.1. The number of unbranched alkanes of at least 4 members (excludes halogenated alkanes) is 1. The van der Waals surface area contributed by atoms with Crippen LogP contribution in [0.5, 0.6) is 5.75 Å². The molecule has 0 aliphatic heterocycles.